The number of carbonyl (C=O) groups excluding carboxylic acids is 2. The van der Waals surface area contributed by atoms with Gasteiger partial charge in [0.25, 0.3) is 0 Å². The molecule has 4 rings (SSSR count). The van der Waals surface area contributed by atoms with Crippen LogP contribution in [0.2, 0.25) is 0 Å². The van der Waals surface area contributed by atoms with Crippen LogP contribution < -0.4 is 10.1 Å². The molecule has 1 aliphatic rings. The van der Waals surface area contributed by atoms with Crippen LogP contribution in [0.5, 0.6) is 5.75 Å². The van der Waals surface area contributed by atoms with E-state index < -0.39 is 0 Å². The highest BCUT2D eigenvalue weighted by Gasteiger charge is 2.29. The van der Waals surface area contributed by atoms with Gasteiger partial charge in [0.1, 0.15) is 10.8 Å². The van der Waals surface area contributed by atoms with Gasteiger partial charge >= 0.3 is 5.97 Å². The van der Waals surface area contributed by atoms with Gasteiger partial charge in [-0.05, 0) is 48.7 Å². The minimum absolute atomic E-state index is 0.101. The molecule has 184 valence electrons. The highest BCUT2D eigenvalue weighted by Crippen LogP contribution is 2.38. The summed E-state index contributed by atoms with van der Waals surface area (Å²) in [6, 6.07) is 18.2. The molecular formula is C27H30N2O4S2. The van der Waals surface area contributed by atoms with Crippen molar-refractivity contribution in [2.45, 2.75) is 37.8 Å². The molecule has 2 heterocycles. The molecule has 0 unspecified atom stereocenters. The van der Waals surface area contributed by atoms with E-state index in [2.05, 4.69) is 34.5 Å². The van der Waals surface area contributed by atoms with Gasteiger partial charge in [-0.3, -0.25) is 9.69 Å². The van der Waals surface area contributed by atoms with Gasteiger partial charge < -0.3 is 14.8 Å². The molecule has 0 bridgehead atoms. The molecule has 0 radical (unpaired) electrons. The predicted molar refractivity (Wildman–Crippen MR) is 142 cm³/mol. The number of amides is 1. The van der Waals surface area contributed by atoms with Crippen molar-refractivity contribution in [2.24, 2.45) is 0 Å². The number of rotatable bonds is 10. The van der Waals surface area contributed by atoms with Crippen LogP contribution in [0, 0.1) is 0 Å². The Morgan fingerprint density at radius 1 is 1.11 bits per heavy atom. The fraction of sp³-hybridized carbons (Fsp3) is 0.333. The van der Waals surface area contributed by atoms with Crippen molar-refractivity contribution in [1.82, 2.24) is 4.90 Å². The average molecular weight is 511 g/mol. The minimum atomic E-state index is -0.357. The molecule has 6 nitrogen and oxygen atoms in total. The number of nitrogens with zero attached hydrogens (tertiary/aromatic N) is 1. The van der Waals surface area contributed by atoms with E-state index in [4.69, 9.17) is 9.47 Å². The van der Waals surface area contributed by atoms with E-state index >= 15 is 0 Å². The normalized spacial score (nSPS) is 13.2. The molecule has 0 saturated heterocycles. The number of methoxy groups -OCH3 is 1. The zero-order valence-electron chi connectivity index (χ0n) is 20.0. The molecule has 1 aliphatic heterocycles. The maximum atomic E-state index is 12.8. The van der Waals surface area contributed by atoms with Crippen LogP contribution in [0.25, 0.3) is 0 Å². The minimum Gasteiger partial charge on any atom is -0.497 e. The molecule has 35 heavy (non-hydrogen) atoms. The van der Waals surface area contributed by atoms with Crippen LogP contribution in [0.15, 0.2) is 59.5 Å². The fourth-order valence-electron chi connectivity index (χ4n) is 4.06. The van der Waals surface area contributed by atoms with Gasteiger partial charge in [-0.15, -0.1) is 23.1 Å². The summed E-state index contributed by atoms with van der Waals surface area (Å²) in [6.07, 6.45) is 1.11. The lowest BCUT2D eigenvalue weighted by Crippen LogP contribution is -2.29. The molecule has 0 spiro atoms. The summed E-state index contributed by atoms with van der Waals surface area (Å²) >= 11 is 3.11. The summed E-state index contributed by atoms with van der Waals surface area (Å²) in [6.45, 7) is 4.57. The third-order valence-corrected chi connectivity index (χ3v) is 7.92. The van der Waals surface area contributed by atoms with Crippen LogP contribution in [-0.2, 0) is 29.0 Å². The standard InChI is InChI=1S/C27H30N2O4S2/c1-3-33-27(31)25-22-13-15-29(17-19-7-5-4-6-8-19)18-23(22)35-26(25)28-24(30)14-16-34-21-11-9-20(32-2)10-12-21/h4-12H,3,13-18H2,1-2H3,(H,28,30). The lowest BCUT2D eigenvalue weighted by atomic mass is 10.0. The first-order chi connectivity index (χ1) is 17.1. The second-order valence-corrected chi connectivity index (χ2v) is 10.5. The van der Waals surface area contributed by atoms with E-state index in [1.54, 1.807) is 25.8 Å². The van der Waals surface area contributed by atoms with Crippen LogP contribution in [0.3, 0.4) is 0 Å². The molecule has 0 aliphatic carbocycles. The molecule has 0 atom stereocenters. The lowest BCUT2D eigenvalue weighted by molar-refractivity contribution is -0.115. The number of thiophene rings is 1. The number of ether oxygens (including phenoxy) is 2. The van der Waals surface area contributed by atoms with Crippen molar-refractivity contribution in [2.75, 3.05) is 31.3 Å². The second kappa shape index (κ2) is 12.2. The molecule has 3 aromatic rings. The number of hydrogen-bond donors (Lipinski definition) is 1. The Hall–Kier alpha value is -2.81. The van der Waals surface area contributed by atoms with Crippen molar-refractivity contribution in [1.29, 1.82) is 0 Å². The van der Waals surface area contributed by atoms with E-state index in [-0.39, 0.29) is 11.9 Å². The maximum Gasteiger partial charge on any atom is 0.341 e. The number of anilines is 1. The van der Waals surface area contributed by atoms with Crippen molar-refractivity contribution in [3.8, 4) is 5.75 Å². The Labute approximate surface area is 214 Å². The Morgan fingerprint density at radius 2 is 1.89 bits per heavy atom. The van der Waals surface area contributed by atoms with Crippen LogP contribution in [0.4, 0.5) is 5.00 Å². The summed E-state index contributed by atoms with van der Waals surface area (Å²) in [5.74, 6) is 0.992. The highest BCUT2D eigenvalue weighted by atomic mass is 32.2. The van der Waals surface area contributed by atoms with Gasteiger partial charge in [-0.1, -0.05) is 30.3 Å². The van der Waals surface area contributed by atoms with E-state index in [1.165, 1.54) is 16.9 Å². The molecule has 8 heteroatoms. The summed E-state index contributed by atoms with van der Waals surface area (Å²) in [5.41, 5.74) is 2.81. The van der Waals surface area contributed by atoms with Crippen LogP contribution >= 0.6 is 23.1 Å². The monoisotopic (exact) mass is 510 g/mol. The highest BCUT2D eigenvalue weighted by molar-refractivity contribution is 7.99. The Kier molecular flexibility index (Phi) is 8.84. The summed E-state index contributed by atoms with van der Waals surface area (Å²) in [4.78, 5) is 30.1. The molecular weight excluding hydrogens is 480 g/mol. The number of benzene rings is 2. The van der Waals surface area contributed by atoms with E-state index in [0.29, 0.717) is 29.3 Å². The number of esters is 1. The van der Waals surface area contributed by atoms with Gasteiger partial charge in [0, 0.05) is 41.6 Å². The SMILES string of the molecule is CCOC(=O)c1c(NC(=O)CCSc2ccc(OC)cc2)sc2c1CCN(Cc1ccccc1)C2. The summed E-state index contributed by atoms with van der Waals surface area (Å²) in [7, 11) is 1.64. The van der Waals surface area contributed by atoms with E-state index in [1.807, 2.05) is 30.3 Å². The molecule has 1 aromatic heterocycles. The third kappa shape index (κ3) is 6.66. The molecule has 1 amide bonds. The number of nitrogens with one attached hydrogen (secondary N) is 1. The van der Waals surface area contributed by atoms with Crippen LogP contribution in [-0.4, -0.2) is 42.8 Å². The largest absolute Gasteiger partial charge is 0.497 e. The smallest absolute Gasteiger partial charge is 0.341 e. The maximum absolute atomic E-state index is 12.8. The Morgan fingerprint density at radius 3 is 2.60 bits per heavy atom. The van der Waals surface area contributed by atoms with Crippen molar-refractivity contribution in [3.05, 3.63) is 76.2 Å². The molecule has 0 saturated carbocycles. The molecule has 0 fully saturated rings. The Bertz CT molecular complexity index is 1150. The van der Waals surface area contributed by atoms with Gasteiger partial charge in [0.05, 0.1) is 19.3 Å². The summed E-state index contributed by atoms with van der Waals surface area (Å²) < 4.78 is 10.5. The molecule has 1 N–H and O–H groups in total. The third-order valence-electron chi connectivity index (χ3n) is 5.77. The van der Waals surface area contributed by atoms with E-state index in [0.717, 1.165) is 47.1 Å². The van der Waals surface area contributed by atoms with Crippen molar-refractivity contribution in [3.63, 3.8) is 0 Å². The van der Waals surface area contributed by atoms with Crippen LogP contribution in [0.1, 0.15) is 39.7 Å². The number of thioether (sulfide) groups is 1. The quantitative estimate of drug-likeness (QED) is 0.282. The van der Waals surface area contributed by atoms with Gasteiger partial charge in [0.2, 0.25) is 5.91 Å². The van der Waals surface area contributed by atoms with E-state index in [9.17, 15) is 9.59 Å². The zero-order valence-corrected chi connectivity index (χ0v) is 21.7. The lowest BCUT2D eigenvalue weighted by Gasteiger charge is -2.27. The average Bonchev–Trinajstić information content (AvgIpc) is 3.22. The zero-order chi connectivity index (χ0) is 24.6. The predicted octanol–water partition coefficient (Wildman–Crippen LogP) is 5.61. The van der Waals surface area contributed by atoms with Gasteiger partial charge in [0.15, 0.2) is 0 Å². The number of fused-ring (bicyclic) bond motifs is 1. The first-order valence-electron chi connectivity index (χ1n) is 11.7. The first kappa shape index (κ1) is 25.3. The first-order valence-corrected chi connectivity index (χ1v) is 13.5. The molecule has 2 aromatic carbocycles. The van der Waals surface area contributed by atoms with Gasteiger partial charge in [-0.2, -0.15) is 0 Å². The van der Waals surface area contributed by atoms with Crippen molar-refractivity contribution >= 4 is 40.0 Å². The van der Waals surface area contributed by atoms with Gasteiger partial charge in [-0.25, -0.2) is 4.79 Å². The number of hydrogen-bond acceptors (Lipinski definition) is 7. The Balaban J connectivity index is 1.41. The summed E-state index contributed by atoms with van der Waals surface area (Å²) in [5, 5.41) is 3.61. The topological polar surface area (TPSA) is 67.9 Å². The fourth-order valence-corrected chi connectivity index (χ4v) is 6.21. The second-order valence-electron chi connectivity index (χ2n) is 8.20. The number of carbonyl (C=O) groups is 2. The van der Waals surface area contributed by atoms with Crippen molar-refractivity contribution < 1.29 is 19.1 Å².